The van der Waals surface area contributed by atoms with Gasteiger partial charge in [0.25, 0.3) is 5.56 Å². The third-order valence-electron chi connectivity index (χ3n) is 5.29. The maximum atomic E-state index is 13.3. The van der Waals surface area contributed by atoms with Crippen LogP contribution in [0.3, 0.4) is 0 Å². The van der Waals surface area contributed by atoms with Crippen LogP contribution < -0.4 is 10.3 Å². The lowest BCUT2D eigenvalue weighted by molar-refractivity contribution is 0.0733. The third-order valence-corrected chi connectivity index (χ3v) is 6.34. The number of furan rings is 1. The Morgan fingerprint density at radius 2 is 1.89 bits per heavy atom. The molecule has 0 saturated carbocycles. The Morgan fingerprint density at radius 1 is 1.06 bits per heavy atom. The van der Waals surface area contributed by atoms with Crippen molar-refractivity contribution in [3.8, 4) is 17.3 Å². The maximum absolute atomic E-state index is 13.3. The van der Waals surface area contributed by atoms with E-state index >= 15 is 0 Å². The van der Waals surface area contributed by atoms with Gasteiger partial charge in [-0.2, -0.15) is 9.78 Å². The van der Waals surface area contributed by atoms with Gasteiger partial charge in [-0.25, -0.2) is 9.78 Å². The summed E-state index contributed by atoms with van der Waals surface area (Å²) in [5, 5.41) is 4.85. The summed E-state index contributed by atoms with van der Waals surface area (Å²) in [5.41, 5.74) is 1.98. The largest absolute Gasteiger partial charge is 0.461 e. The molecule has 9 heteroatoms. The second-order valence-corrected chi connectivity index (χ2v) is 9.63. The molecule has 0 aliphatic rings. The number of rotatable bonds is 5. The van der Waals surface area contributed by atoms with E-state index in [1.807, 2.05) is 19.1 Å². The number of carbonyl (C=O) groups excluding carboxylic acids is 1. The van der Waals surface area contributed by atoms with E-state index in [4.69, 9.17) is 9.15 Å². The van der Waals surface area contributed by atoms with Crippen molar-refractivity contribution >= 4 is 54.9 Å². The van der Waals surface area contributed by atoms with Crippen LogP contribution in [0.1, 0.15) is 21.5 Å². The van der Waals surface area contributed by atoms with Gasteiger partial charge in [-0.3, -0.25) is 4.79 Å². The van der Waals surface area contributed by atoms with Crippen LogP contribution >= 0.6 is 31.9 Å². The van der Waals surface area contributed by atoms with Gasteiger partial charge in [0.1, 0.15) is 0 Å². The van der Waals surface area contributed by atoms with Gasteiger partial charge in [-0.15, -0.1) is 0 Å². The van der Waals surface area contributed by atoms with Crippen LogP contribution in [0, 0.1) is 6.92 Å². The zero-order valence-electron chi connectivity index (χ0n) is 18.8. The first-order valence-electron chi connectivity index (χ1n) is 10.8. The molecule has 0 amide bonds. The highest BCUT2D eigenvalue weighted by molar-refractivity contribution is 9.11. The van der Waals surface area contributed by atoms with Crippen molar-refractivity contribution in [2.75, 3.05) is 0 Å². The second kappa shape index (κ2) is 10.0. The van der Waals surface area contributed by atoms with Gasteiger partial charge in [0.15, 0.2) is 11.5 Å². The minimum absolute atomic E-state index is 0.243. The van der Waals surface area contributed by atoms with E-state index in [1.54, 1.807) is 60.7 Å². The van der Waals surface area contributed by atoms with Crippen LogP contribution in [0.25, 0.3) is 22.5 Å². The van der Waals surface area contributed by atoms with Crippen molar-refractivity contribution in [2.45, 2.75) is 6.92 Å². The van der Waals surface area contributed by atoms with E-state index in [9.17, 15) is 9.59 Å². The molecule has 0 unspecified atom stereocenters. The van der Waals surface area contributed by atoms with Gasteiger partial charge in [0.2, 0.25) is 5.82 Å². The van der Waals surface area contributed by atoms with Crippen molar-refractivity contribution in [3.05, 3.63) is 115 Å². The number of nitrogens with zero attached hydrogens (tertiary/aromatic N) is 3. The van der Waals surface area contributed by atoms with E-state index in [0.29, 0.717) is 32.3 Å². The lowest BCUT2D eigenvalue weighted by Crippen LogP contribution is -2.20. The molecule has 0 N–H and O–H groups in total. The molecule has 36 heavy (non-hydrogen) atoms. The Kier molecular flexibility index (Phi) is 6.67. The lowest BCUT2D eigenvalue weighted by Gasteiger charge is -2.11. The van der Waals surface area contributed by atoms with E-state index in [-0.39, 0.29) is 17.1 Å². The quantitative estimate of drug-likeness (QED) is 0.128. The fourth-order valence-corrected chi connectivity index (χ4v) is 4.96. The average Bonchev–Trinajstić information content (AvgIpc) is 3.40. The van der Waals surface area contributed by atoms with E-state index in [1.165, 1.54) is 17.2 Å². The number of aromatic nitrogens is 2. The number of hydrogen-bond acceptors (Lipinski definition) is 6. The summed E-state index contributed by atoms with van der Waals surface area (Å²) in [6.07, 6.45) is 2.94. The highest BCUT2D eigenvalue weighted by Gasteiger charge is 2.17. The minimum atomic E-state index is -0.516. The molecule has 0 atom stereocenters. The predicted octanol–water partition coefficient (Wildman–Crippen LogP) is 6.59. The van der Waals surface area contributed by atoms with E-state index < -0.39 is 5.97 Å². The van der Waals surface area contributed by atoms with Crippen molar-refractivity contribution in [1.29, 1.82) is 0 Å². The molecule has 5 aromatic rings. The highest BCUT2D eigenvalue weighted by Crippen LogP contribution is 2.33. The zero-order valence-corrected chi connectivity index (χ0v) is 22.0. The Bertz CT molecular complexity index is 1690. The predicted molar refractivity (Wildman–Crippen MR) is 145 cm³/mol. The number of para-hydroxylation sites is 1. The molecule has 7 nitrogen and oxygen atoms in total. The molecule has 3 aromatic carbocycles. The lowest BCUT2D eigenvalue weighted by atomic mass is 10.1. The first-order chi connectivity index (χ1) is 17.4. The number of fused-ring (bicyclic) bond motifs is 1. The standard InChI is InChI=1S/C27H17Br2N3O4/c1-16-6-4-7-17(12-16)27(34)36-24-18(13-19(28)14-21(24)29)15-30-32-25(23-10-5-11-35-23)31-22-9-3-2-8-20(22)26(32)33/h2-15H,1H3. The molecule has 178 valence electrons. The highest BCUT2D eigenvalue weighted by atomic mass is 79.9. The number of hydrogen-bond donors (Lipinski definition) is 0. The molecule has 0 fully saturated rings. The summed E-state index contributed by atoms with van der Waals surface area (Å²) in [7, 11) is 0. The number of halogens is 2. The van der Waals surface area contributed by atoms with Crippen molar-refractivity contribution in [1.82, 2.24) is 9.66 Å². The maximum Gasteiger partial charge on any atom is 0.343 e. The molecule has 0 aliphatic carbocycles. The number of benzene rings is 3. The second-order valence-electron chi connectivity index (χ2n) is 7.86. The molecule has 0 saturated heterocycles. The molecule has 0 radical (unpaired) electrons. The summed E-state index contributed by atoms with van der Waals surface area (Å²) in [5.74, 6) is 0.371. The number of esters is 1. The van der Waals surface area contributed by atoms with Crippen LogP contribution in [0.15, 0.2) is 102 Å². The molecule has 0 bridgehead atoms. The van der Waals surface area contributed by atoms with Crippen LogP contribution in [0.5, 0.6) is 5.75 Å². The molecule has 0 spiro atoms. The topological polar surface area (TPSA) is 86.7 Å². The van der Waals surface area contributed by atoms with Gasteiger partial charge >= 0.3 is 5.97 Å². The summed E-state index contributed by atoms with van der Waals surface area (Å²) in [4.78, 5) is 30.8. The fraction of sp³-hybridized carbons (Fsp3) is 0.0370. The monoisotopic (exact) mass is 605 g/mol. The number of aryl methyl sites for hydroxylation is 1. The van der Waals surface area contributed by atoms with Gasteiger partial charge < -0.3 is 9.15 Å². The van der Waals surface area contributed by atoms with Crippen LogP contribution in [-0.4, -0.2) is 21.8 Å². The summed E-state index contributed by atoms with van der Waals surface area (Å²) in [6.45, 7) is 1.90. The van der Waals surface area contributed by atoms with Crippen molar-refractivity contribution < 1.29 is 13.9 Å². The van der Waals surface area contributed by atoms with Crippen LogP contribution in [-0.2, 0) is 0 Å². The zero-order chi connectivity index (χ0) is 25.2. The minimum Gasteiger partial charge on any atom is -0.461 e. The third kappa shape index (κ3) is 4.80. The van der Waals surface area contributed by atoms with Gasteiger partial charge in [0.05, 0.1) is 33.4 Å². The fourth-order valence-electron chi connectivity index (χ4n) is 3.62. The van der Waals surface area contributed by atoms with Crippen LogP contribution in [0.4, 0.5) is 0 Å². The Hall–Kier alpha value is -3.82. The molecule has 5 rings (SSSR count). The molecule has 2 heterocycles. The smallest absolute Gasteiger partial charge is 0.343 e. The SMILES string of the molecule is Cc1cccc(C(=O)Oc2c(Br)cc(Br)cc2C=Nn2c(-c3ccco3)nc3ccccc3c2=O)c1. The Balaban J connectivity index is 1.61. The van der Waals surface area contributed by atoms with Gasteiger partial charge in [-0.05, 0) is 71.4 Å². The number of ether oxygens (including phenoxy) is 1. The molecule has 0 aliphatic heterocycles. The Labute approximate surface area is 222 Å². The number of carbonyl (C=O) groups is 1. The normalized spacial score (nSPS) is 11.3. The van der Waals surface area contributed by atoms with E-state index in [2.05, 4.69) is 41.9 Å². The van der Waals surface area contributed by atoms with E-state index in [0.717, 1.165) is 10.0 Å². The van der Waals surface area contributed by atoms with Crippen LogP contribution in [0.2, 0.25) is 0 Å². The summed E-state index contributed by atoms with van der Waals surface area (Å²) in [6, 6.07) is 21.0. The van der Waals surface area contributed by atoms with Crippen molar-refractivity contribution in [3.63, 3.8) is 0 Å². The van der Waals surface area contributed by atoms with Gasteiger partial charge in [-0.1, -0.05) is 45.8 Å². The Morgan fingerprint density at radius 3 is 2.67 bits per heavy atom. The van der Waals surface area contributed by atoms with Crippen molar-refractivity contribution in [2.24, 2.45) is 5.10 Å². The first-order valence-corrected chi connectivity index (χ1v) is 12.4. The average molecular weight is 607 g/mol. The summed E-state index contributed by atoms with van der Waals surface area (Å²) >= 11 is 6.93. The van der Waals surface area contributed by atoms with Gasteiger partial charge in [0, 0.05) is 10.0 Å². The first kappa shape index (κ1) is 23.9. The molecular weight excluding hydrogens is 590 g/mol. The molecule has 2 aromatic heterocycles. The molecular formula is C27H17Br2N3O4. The summed E-state index contributed by atoms with van der Waals surface area (Å²) < 4.78 is 13.7.